The Hall–Kier alpha value is -1.55. The molecule has 2 aliphatic heterocycles. The third kappa shape index (κ3) is 2.52. The number of anilines is 1. The Labute approximate surface area is 123 Å². The van der Waals surface area contributed by atoms with Crippen molar-refractivity contribution in [3.63, 3.8) is 0 Å². The lowest BCUT2D eigenvalue weighted by Crippen LogP contribution is -2.54. The Kier molecular flexibility index (Phi) is 3.66. The molecule has 3 rings (SSSR count). The van der Waals surface area contributed by atoms with Gasteiger partial charge in [0.15, 0.2) is 6.29 Å². The number of nitrogens with one attached hydrogen (secondary N) is 1. The normalized spacial score (nSPS) is 25.9. The Bertz CT molecular complexity index is 547. The van der Waals surface area contributed by atoms with Gasteiger partial charge in [0.2, 0.25) is 5.91 Å². The summed E-state index contributed by atoms with van der Waals surface area (Å²) in [6.07, 6.45) is 3.32. The van der Waals surface area contributed by atoms with E-state index >= 15 is 0 Å². The number of nitrogens with zero attached hydrogens (tertiary/aromatic N) is 1. The van der Waals surface area contributed by atoms with Crippen LogP contribution in [0.25, 0.3) is 0 Å². The first-order valence-electron chi connectivity index (χ1n) is 6.96. The number of hydrogen-bond acceptors (Lipinski definition) is 3. The van der Waals surface area contributed by atoms with E-state index in [1.54, 1.807) is 6.07 Å². The number of halogens is 1. The summed E-state index contributed by atoms with van der Waals surface area (Å²) in [4.78, 5) is 24.9. The average Bonchev–Trinajstić information content (AvgIpc) is 2.46. The van der Waals surface area contributed by atoms with Gasteiger partial charge in [-0.2, -0.15) is 0 Å². The van der Waals surface area contributed by atoms with Gasteiger partial charge in [-0.1, -0.05) is 11.6 Å². The van der Waals surface area contributed by atoms with E-state index in [0.717, 1.165) is 37.9 Å². The number of rotatable bonds is 2. The fourth-order valence-corrected chi connectivity index (χ4v) is 3.42. The van der Waals surface area contributed by atoms with E-state index in [9.17, 15) is 9.59 Å². The smallest absolute Gasteiger partial charge is 0.220 e. The zero-order valence-corrected chi connectivity index (χ0v) is 11.9. The fraction of sp³-hybridized carbons (Fsp3) is 0.467. The van der Waals surface area contributed by atoms with Crippen LogP contribution in [0.5, 0.6) is 0 Å². The first-order chi connectivity index (χ1) is 9.67. The predicted octanol–water partition coefficient (Wildman–Crippen LogP) is 2.26. The highest BCUT2D eigenvalue weighted by Gasteiger charge is 2.34. The molecule has 2 unspecified atom stereocenters. The predicted molar refractivity (Wildman–Crippen MR) is 78.3 cm³/mol. The monoisotopic (exact) mass is 292 g/mol. The van der Waals surface area contributed by atoms with Crippen LogP contribution in [0.4, 0.5) is 5.69 Å². The summed E-state index contributed by atoms with van der Waals surface area (Å²) in [7, 11) is 0. The molecule has 4 nitrogen and oxygen atoms in total. The van der Waals surface area contributed by atoms with Crippen molar-refractivity contribution in [2.24, 2.45) is 5.92 Å². The van der Waals surface area contributed by atoms with Gasteiger partial charge in [0.05, 0.1) is 0 Å². The Morgan fingerprint density at radius 3 is 3.00 bits per heavy atom. The maximum atomic E-state index is 11.4. The minimum Gasteiger partial charge on any atom is -0.371 e. The molecule has 1 N–H and O–H groups in total. The molecule has 0 saturated carbocycles. The molecule has 1 aromatic rings. The van der Waals surface area contributed by atoms with Crippen LogP contribution in [0.2, 0.25) is 5.02 Å². The maximum absolute atomic E-state index is 11.4. The quantitative estimate of drug-likeness (QED) is 0.851. The summed E-state index contributed by atoms with van der Waals surface area (Å²) < 4.78 is 0. The van der Waals surface area contributed by atoms with Crippen LogP contribution >= 0.6 is 11.6 Å². The SMILES string of the molecule is O=Cc1cc(Cl)ccc1N1CCC2NC(=O)CCC2C1. The fourth-order valence-electron chi connectivity index (χ4n) is 3.24. The molecule has 2 saturated heterocycles. The third-order valence-electron chi connectivity index (χ3n) is 4.28. The molecule has 1 aromatic carbocycles. The summed E-state index contributed by atoms with van der Waals surface area (Å²) >= 11 is 5.94. The van der Waals surface area contributed by atoms with Crippen LogP contribution in [0.1, 0.15) is 29.6 Å². The van der Waals surface area contributed by atoms with Crippen LogP contribution in [0, 0.1) is 5.92 Å². The second kappa shape index (κ2) is 5.44. The molecule has 0 spiro atoms. The highest BCUT2D eigenvalue weighted by Crippen LogP contribution is 2.31. The van der Waals surface area contributed by atoms with Crippen molar-refractivity contribution in [1.82, 2.24) is 5.32 Å². The summed E-state index contributed by atoms with van der Waals surface area (Å²) in [6, 6.07) is 5.73. The lowest BCUT2D eigenvalue weighted by Gasteiger charge is -2.42. The summed E-state index contributed by atoms with van der Waals surface area (Å²) in [5.41, 5.74) is 1.58. The number of aldehydes is 1. The number of hydrogen-bond donors (Lipinski definition) is 1. The van der Waals surface area contributed by atoms with Crippen molar-refractivity contribution < 1.29 is 9.59 Å². The van der Waals surface area contributed by atoms with Gasteiger partial charge in [0.25, 0.3) is 0 Å². The number of carbonyl (C=O) groups is 2. The van der Waals surface area contributed by atoms with Gasteiger partial charge in [-0.25, -0.2) is 0 Å². The van der Waals surface area contributed by atoms with Crippen molar-refractivity contribution in [2.45, 2.75) is 25.3 Å². The van der Waals surface area contributed by atoms with Gasteiger partial charge in [-0.05, 0) is 37.0 Å². The van der Waals surface area contributed by atoms with Crippen LogP contribution in [0.3, 0.4) is 0 Å². The summed E-state index contributed by atoms with van der Waals surface area (Å²) in [5.74, 6) is 0.636. The molecule has 2 atom stereocenters. The zero-order valence-electron chi connectivity index (χ0n) is 11.1. The van der Waals surface area contributed by atoms with Gasteiger partial charge in [0.1, 0.15) is 0 Å². The van der Waals surface area contributed by atoms with E-state index in [-0.39, 0.29) is 5.91 Å². The minimum absolute atomic E-state index is 0.166. The highest BCUT2D eigenvalue weighted by atomic mass is 35.5. The topological polar surface area (TPSA) is 49.4 Å². The second-order valence-corrected chi connectivity index (χ2v) is 5.96. The number of carbonyl (C=O) groups excluding carboxylic acids is 2. The molecule has 0 radical (unpaired) electrons. The van der Waals surface area contributed by atoms with Gasteiger partial charge in [0, 0.05) is 41.8 Å². The van der Waals surface area contributed by atoms with Crippen LogP contribution < -0.4 is 10.2 Å². The minimum atomic E-state index is 0.166. The van der Waals surface area contributed by atoms with E-state index in [0.29, 0.717) is 29.0 Å². The van der Waals surface area contributed by atoms with E-state index in [2.05, 4.69) is 10.2 Å². The Morgan fingerprint density at radius 2 is 2.20 bits per heavy atom. The summed E-state index contributed by atoms with van der Waals surface area (Å²) in [5, 5.41) is 3.65. The molecule has 5 heteroatoms. The second-order valence-electron chi connectivity index (χ2n) is 5.53. The molecule has 0 aliphatic carbocycles. The third-order valence-corrected chi connectivity index (χ3v) is 4.51. The van der Waals surface area contributed by atoms with Crippen LogP contribution in [-0.4, -0.2) is 31.3 Å². The van der Waals surface area contributed by atoms with Gasteiger partial charge in [-0.3, -0.25) is 9.59 Å². The first-order valence-corrected chi connectivity index (χ1v) is 7.34. The molecule has 2 heterocycles. The van der Waals surface area contributed by atoms with E-state index in [1.807, 2.05) is 12.1 Å². The van der Waals surface area contributed by atoms with Crippen molar-refractivity contribution in [3.8, 4) is 0 Å². The molecular weight excluding hydrogens is 276 g/mol. The molecule has 1 amide bonds. The first kappa shape index (κ1) is 13.4. The largest absolute Gasteiger partial charge is 0.371 e. The van der Waals surface area contributed by atoms with E-state index in [1.165, 1.54) is 0 Å². The maximum Gasteiger partial charge on any atom is 0.220 e. The Morgan fingerprint density at radius 1 is 1.35 bits per heavy atom. The van der Waals surface area contributed by atoms with Crippen molar-refractivity contribution in [3.05, 3.63) is 28.8 Å². The molecule has 0 bridgehead atoms. The standard InChI is InChI=1S/C15H17ClN2O2/c16-12-2-3-14(11(7-12)9-19)18-6-5-13-10(8-18)1-4-15(20)17-13/h2-3,7,9-10,13H,1,4-6,8H2,(H,17,20). The Balaban J connectivity index is 1.79. The molecular formula is C15H17ClN2O2. The number of benzene rings is 1. The lowest BCUT2D eigenvalue weighted by atomic mass is 9.85. The van der Waals surface area contributed by atoms with Gasteiger partial charge >= 0.3 is 0 Å². The van der Waals surface area contributed by atoms with E-state index < -0.39 is 0 Å². The average molecular weight is 293 g/mol. The van der Waals surface area contributed by atoms with Crippen LogP contribution in [-0.2, 0) is 4.79 Å². The number of fused-ring (bicyclic) bond motifs is 1. The van der Waals surface area contributed by atoms with Crippen LogP contribution in [0.15, 0.2) is 18.2 Å². The molecule has 106 valence electrons. The van der Waals surface area contributed by atoms with Crippen molar-refractivity contribution in [2.75, 3.05) is 18.0 Å². The number of piperidine rings is 2. The zero-order chi connectivity index (χ0) is 14.1. The molecule has 20 heavy (non-hydrogen) atoms. The lowest BCUT2D eigenvalue weighted by molar-refractivity contribution is -0.124. The molecule has 2 aliphatic rings. The molecule has 0 aromatic heterocycles. The summed E-state index contributed by atoms with van der Waals surface area (Å²) in [6.45, 7) is 1.73. The molecule has 2 fully saturated rings. The van der Waals surface area contributed by atoms with E-state index in [4.69, 9.17) is 11.6 Å². The number of amides is 1. The highest BCUT2D eigenvalue weighted by molar-refractivity contribution is 6.31. The van der Waals surface area contributed by atoms with Crippen molar-refractivity contribution in [1.29, 1.82) is 0 Å². The van der Waals surface area contributed by atoms with Crippen molar-refractivity contribution >= 4 is 29.5 Å². The van der Waals surface area contributed by atoms with Gasteiger partial charge in [-0.15, -0.1) is 0 Å². The van der Waals surface area contributed by atoms with Gasteiger partial charge < -0.3 is 10.2 Å².